The van der Waals surface area contributed by atoms with Gasteiger partial charge in [0.25, 0.3) is 0 Å². The molecular formula is C13H23N5O2. The van der Waals surface area contributed by atoms with Gasteiger partial charge in [-0.1, -0.05) is 6.92 Å². The van der Waals surface area contributed by atoms with Crippen LogP contribution in [0, 0.1) is 5.92 Å². The van der Waals surface area contributed by atoms with E-state index in [9.17, 15) is 0 Å². The van der Waals surface area contributed by atoms with Crippen LogP contribution in [0.5, 0.6) is 6.01 Å². The summed E-state index contributed by atoms with van der Waals surface area (Å²) in [7, 11) is 3.79. The molecule has 1 atom stereocenters. The van der Waals surface area contributed by atoms with Gasteiger partial charge in [-0.3, -0.25) is 0 Å². The lowest BCUT2D eigenvalue weighted by atomic mass is 10.1. The Morgan fingerprint density at radius 2 is 2.20 bits per heavy atom. The van der Waals surface area contributed by atoms with Crippen molar-refractivity contribution >= 4 is 11.9 Å². The second kappa shape index (κ2) is 7.23. The molecule has 20 heavy (non-hydrogen) atoms. The van der Waals surface area contributed by atoms with E-state index in [-0.39, 0.29) is 0 Å². The predicted molar refractivity (Wildman–Crippen MR) is 77.4 cm³/mol. The van der Waals surface area contributed by atoms with Crippen molar-refractivity contribution in [3.8, 4) is 6.01 Å². The van der Waals surface area contributed by atoms with E-state index >= 15 is 0 Å². The highest BCUT2D eigenvalue weighted by Gasteiger charge is 2.17. The van der Waals surface area contributed by atoms with Gasteiger partial charge in [0.2, 0.25) is 11.9 Å². The van der Waals surface area contributed by atoms with Gasteiger partial charge in [0.1, 0.15) is 0 Å². The van der Waals surface area contributed by atoms with Crippen LogP contribution < -0.4 is 15.0 Å². The van der Waals surface area contributed by atoms with E-state index in [1.54, 1.807) is 0 Å². The van der Waals surface area contributed by atoms with Gasteiger partial charge in [0, 0.05) is 33.2 Å². The fraction of sp³-hybridized carbons (Fsp3) is 0.769. The second-order valence-electron chi connectivity index (χ2n) is 5.10. The SMILES string of the molecule is CCCNc1nc(OCC2CCOC2)nc(N(C)C)n1. The normalized spacial score (nSPS) is 18.1. The summed E-state index contributed by atoms with van der Waals surface area (Å²) in [5.41, 5.74) is 0. The number of ether oxygens (including phenoxy) is 2. The van der Waals surface area contributed by atoms with Crippen LogP contribution in [0.15, 0.2) is 0 Å². The largest absolute Gasteiger partial charge is 0.463 e. The highest BCUT2D eigenvalue weighted by molar-refractivity contribution is 5.36. The van der Waals surface area contributed by atoms with Crippen molar-refractivity contribution < 1.29 is 9.47 Å². The zero-order valence-corrected chi connectivity index (χ0v) is 12.4. The maximum atomic E-state index is 5.69. The monoisotopic (exact) mass is 281 g/mol. The minimum Gasteiger partial charge on any atom is -0.463 e. The summed E-state index contributed by atoms with van der Waals surface area (Å²) in [6, 6.07) is 0.370. The van der Waals surface area contributed by atoms with Crippen molar-refractivity contribution in [2.45, 2.75) is 19.8 Å². The van der Waals surface area contributed by atoms with Crippen molar-refractivity contribution in [1.82, 2.24) is 15.0 Å². The van der Waals surface area contributed by atoms with Crippen LogP contribution in [-0.2, 0) is 4.74 Å². The van der Waals surface area contributed by atoms with E-state index in [0.29, 0.717) is 30.4 Å². The molecule has 1 unspecified atom stereocenters. The molecule has 0 bridgehead atoms. The van der Waals surface area contributed by atoms with Crippen LogP contribution in [0.2, 0.25) is 0 Å². The summed E-state index contributed by atoms with van der Waals surface area (Å²) in [6.45, 7) is 5.08. The highest BCUT2D eigenvalue weighted by atomic mass is 16.5. The summed E-state index contributed by atoms with van der Waals surface area (Å²) in [5.74, 6) is 1.58. The van der Waals surface area contributed by atoms with E-state index < -0.39 is 0 Å². The molecule has 7 heteroatoms. The van der Waals surface area contributed by atoms with E-state index in [4.69, 9.17) is 9.47 Å². The summed E-state index contributed by atoms with van der Waals surface area (Å²) in [6.07, 6.45) is 2.05. The zero-order chi connectivity index (χ0) is 14.4. The van der Waals surface area contributed by atoms with E-state index in [0.717, 1.165) is 32.6 Å². The third kappa shape index (κ3) is 4.19. The average Bonchev–Trinajstić information content (AvgIpc) is 2.96. The Morgan fingerprint density at radius 3 is 2.85 bits per heavy atom. The molecule has 1 fully saturated rings. The van der Waals surface area contributed by atoms with Gasteiger partial charge in [0.05, 0.1) is 13.2 Å². The van der Waals surface area contributed by atoms with Crippen LogP contribution >= 0.6 is 0 Å². The summed E-state index contributed by atoms with van der Waals surface area (Å²) >= 11 is 0. The van der Waals surface area contributed by atoms with Gasteiger partial charge in [-0.05, 0) is 12.8 Å². The van der Waals surface area contributed by atoms with Gasteiger partial charge in [-0.25, -0.2) is 0 Å². The molecule has 2 rings (SSSR count). The third-order valence-electron chi connectivity index (χ3n) is 3.01. The Balaban J connectivity index is 2.02. The lowest BCUT2D eigenvalue weighted by Crippen LogP contribution is -2.18. The van der Waals surface area contributed by atoms with Gasteiger partial charge >= 0.3 is 6.01 Å². The number of rotatable bonds is 7. The quantitative estimate of drug-likeness (QED) is 0.804. The molecule has 0 aromatic carbocycles. The lowest BCUT2D eigenvalue weighted by molar-refractivity contribution is 0.163. The molecule has 1 saturated heterocycles. The van der Waals surface area contributed by atoms with Crippen molar-refractivity contribution in [1.29, 1.82) is 0 Å². The number of nitrogens with zero attached hydrogens (tertiary/aromatic N) is 4. The Kier molecular flexibility index (Phi) is 5.34. The Morgan fingerprint density at radius 1 is 1.35 bits per heavy atom. The number of aromatic nitrogens is 3. The fourth-order valence-corrected chi connectivity index (χ4v) is 1.83. The molecule has 1 aromatic rings. The maximum absolute atomic E-state index is 5.69. The minimum absolute atomic E-state index is 0.370. The second-order valence-corrected chi connectivity index (χ2v) is 5.10. The number of anilines is 2. The molecule has 0 radical (unpaired) electrons. The van der Waals surface area contributed by atoms with Gasteiger partial charge in [0.15, 0.2) is 0 Å². The predicted octanol–water partition coefficient (Wildman–Crippen LogP) is 1.17. The van der Waals surface area contributed by atoms with Crippen LogP contribution in [0.25, 0.3) is 0 Å². The molecular weight excluding hydrogens is 258 g/mol. The molecule has 1 N–H and O–H groups in total. The zero-order valence-electron chi connectivity index (χ0n) is 12.4. The highest BCUT2D eigenvalue weighted by Crippen LogP contribution is 2.16. The Labute approximate surface area is 119 Å². The fourth-order valence-electron chi connectivity index (χ4n) is 1.83. The van der Waals surface area contributed by atoms with Crippen molar-refractivity contribution in [3.63, 3.8) is 0 Å². The van der Waals surface area contributed by atoms with E-state index in [1.807, 2.05) is 19.0 Å². The van der Waals surface area contributed by atoms with E-state index in [1.165, 1.54) is 0 Å². The molecule has 0 spiro atoms. The molecule has 1 aliphatic rings. The van der Waals surface area contributed by atoms with Gasteiger partial charge in [-0.2, -0.15) is 15.0 Å². The molecule has 0 amide bonds. The lowest BCUT2D eigenvalue weighted by Gasteiger charge is -2.14. The van der Waals surface area contributed by atoms with Crippen molar-refractivity contribution in [2.24, 2.45) is 5.92 Å². The first-order valence-corrected chi connectivity index (χ1v) is 7.07. The standard InChI is InChI=1S/C13H23N5O2/c1-4-6-14-11-15-12(18(2)3)17-13(16-11)20-9-10-5-7-19-8-10/h10H,4-9H2,1-3H3,(H,14,15,16,17). The molecule has 0 saturated carbocycles. The first-order valence-electron chi connectivity index (χ1n) is 7.07. The molecule has 1 aliphatic heterocycles. The molecule has 0 aliphatic carbocycles. The average molecular weight is 281 g/mol. The van der Waals surface area contributed by atoms with Crippen LogP contribution in [0.3, 0.4) is 0 Å². The molecule has 2 heterocycles. The Hall–Kier alpha value is -1.63. The van der Waals surface area contributed by atoms with E-state index in [2.05, 4.69) is 27.2 Å². The number of hydrogen-bond donors (Lipinski definition) is 1. The first-order chi connectivity index (χ1) is 9.69. The molecule has 112 valence electrons. The summed E-state index contributed by atoms with van der Waals surface area (Å²) in [5, 5.41) is 3.16. The molecule has 7 nitrogen and oxygen atoms in total. The van der Waals surface area contributed by atoms with Crippen LogP contribution in [0.4, 0.5) is 11.9 Å². The third-order valence-corrected chi connectivity index (χ3v) is 3.01. The van der Waals surface area contributed by atoms with Gasteiger partial charge in [-0.15, -0.1) is 0 Å². The van der Waals surface area contributed by atoms with Crippen molar-refractivity contribution in [3.05, 3.63) is 0 Å². The van der Waals surface area contributed by atoms with Gasteiger partial charge < -0.3 is 19.7 Å². The van der Waals surface area contributed by atoms with Crippen LogP contribution in [-0.4, -0.2) is 55.4 Å². The van der Waals surface area contributed by atoms with Crippen molar-refractivity contribution in [2.75, 3.05) is 50.7 Å². The molecule has 1 aromatic heterocycles. The summed E-state index contributed by atoms with van der Waals surface area (Å²) < 4.78 is 11.0. The minimum atomic E-state index is 0.370. The number of hydrogen-bond acceptors (Lipinski definition) is 7. The Bertz CT molecular complexity index is 421. The number of nitrogens with one attached hydrogen (secondary N) is 1. The van der Waals surface area contributed by atoms with Crippen LogP contribution in [0.1, 0.15) is 19.8 Å². The maximum Gasteiger partial charge on any atom is 0.323 e. The first kappa shape index (κ1) is 14.8. The topological polar surface area (TPSA) is 72.4 Å². The summed E-state index contributed by atoms with van der Waals surface area (Å²) in [4.78, 5) is 14.8. The smallest absolute Gasteiger partial charge is 0.323 e.